The largest absolute Gasteiger partial charge is 0.490 e. The number of carbonyl (C=O) groups is 2. The maximum atomic E-state index is 13.8. The van der Waals surface area contributed by atoms with Crippen LogP contribution >= 0.6 is 0 Å². The summed E-state index contributed by atoms with van der Waals surface area (Å²) in [6.07, 6.45) is 2.86. The molecule has 0 fully saturated rings. The van der Waals surface area contributed by atoms with E-state index in [1.54, 1.807) is 17.0 Å². The van der Waals surface area contributed by atoms with E-state index >= 15 is 0 Å². The summed E-state index contributed by atoms with van der Waals surface area (Å²) in [5.74, 6) is 0.634. The van der Waals surface area contributed by atoms with Crippen LogP contribution in [0.15, 0.2) is 72.8 Å². The van der Waals surface area contributed by atoms with Crippen molar-refractivity contribution in [3.63, 3.8) is 0 Å². The number of hydrogen-bond acceptors (Lipinski definition) is 4. The SMILES string of the molecule is CCCCNC(=O)C(Cc1ccccc1)N(Cc1ccc(F)cc1)C(=O)CCc1ccc(OCC)c(OCC)c1. The summed E-state index contributed by atoms with van der Waals surface area (Å²) in [5, 5.41) is 3.02. The second-order valence-corrected chi connectivity index (χ2v) is 9.65. The van der Waals surface area contributed by atoms with Crippen molar-refractivity contribution in [2.45, 2.75) is 65.5 Å². The van der Waals surface area contributed by atoms with Gasteiger partial charge in [0.1, 0.15) is 11.9 Å². The van der Waals surface area contributed by atoms with Gasteiger partial charge in [-0.1, -0.05) is 61.9 Å². The topological polar surface area (TPSA) is 67.9 Å². The molecule has 214 valence electrons. The van der Waals surface area contributed by atoms with Crippen LogP contribution in [-0.2, 0) is 29.0 Å². The molecule has 1 unspecified atom stereocenters. The molecule has 0 aliphatic carbocycles. The highest BCUT2D eigenvalue weighted by atomic mass is 19.1. The van der Waals surface area contributed by atoms with Crippen molar-refractivity contribution in [3.05, 3.63) is 95.3 Å². The zero-order valence-electron chi connectivity index (χ0n) is 23.8. The van der Waals surface area contributed by atoms with Crippen LogP contribution in [0.2, 0.25) is 0 Å². The van der Waals surface area contributed by atoms with Crippen molar-refractivity contribution in [1.29, 1.82) is 0 Å². The van der Waals surface area contributed by atoms with Crippen molar-refractivity contribution >= 4 is 11.8 Å². The second kappa shape index (κ2) is 16.3. The van der Waals surface area contributed by atoms with E-state index < -0.39 is 6.04 Å². The molecule has 2 amide bonds. The first kappa shape index (κ1) is 30.7. The van der Waals surface area contributed by atoms with E-state index in [4.69, 9.17) is 9.47 Å². The van der Waals surface area contributed by atoms with Gasteiger partial charge in [0, 0.05) is 25.9 Å². The van der Waals surface area contributed by atoms with E-state index in [9.17, 15) is 14.0 Å². The number of nitrogens with one attached hydrogen (secondary N) is 1. The van der Waals surface area contributed by atoms with Gasteiger partial charge >= 0.3 is 0 Å². The summed E-state index contributed by atoms with van der Waals surface area (Å²) in [6, 6.07) is 20.8. The summed E-state index contributed by atoms with van der Waals surface area (Å²) in [4.78, 5) is 29.0. The molecule has 7 heteroatoms. The Balaban J connectivity index is 1.87. The van der Waals surface area contributed by atoms with E-state index in [0.717, 1.165) is 29.5 Å². The third kappa shape index (κ3) is 9.40. The molecule has 0 aliphatic rings. The fourth-order valence-electron chi connectivity index (χ4n) is 4.49. The van der Waals surface area contributed by atoms with E-state index in [2.05, 4.69) is 12.2 Å². The monoisotopic (exact) mass is 548 g/mol. The van der Waals surface area contributed by atoms with Gasteiger partial charge in [-0.2, -0.15) is 0 Å². The number of ether oxygens (including phenoxy) is 2. The molecule has 0 radical (unpaired) electrons. The minimum absolute atomic E-state index is 0.150. The first-order valence-corrected chi connectivity index (χ1v) is 14.2. The molecular formula is C33H41FN2O4. The Hall–Kier alpha value is -3.87. The Labute approximate surface area is 237 Å². The van der Waals surface area contributed by atoms with Crippen molar-refractivity contribution in [3.8, 4) is 11.5 Å². The lowest BCUT2D eigenvalue weighted by atomic mass is 10.0. The van der Waals surface area contributed by atoms with Crippen LogP contribution in [0.25, 0.3) is 0 Å². The van der Waals surface area contributed by atoms with Gasteiger partial charge in [-0.3, -0.25) is 9.59 Å². The number of rotatable bonds is 16. The number of carbonyl (C=O) groups excluding carboxylic acids is 2. The van der Waals surface area contributed by atoms with Crippen molar-refractivity contribution in [2.75, 3.05) is 19.8 Å². The van der Waals surface area contributed by atoms with E-state index in [1.165, 1.54) is 12.1 Å². The average molecular weight is 549 g/mol. The molecule has 3 aromatic rings. The third-order valence-electron chi connectivity index (χ3n) is 6.60. The molecule has 6 nitrogen and oxygen atoms in total. The summed E-state index contributed by atoms with van der Waals surface area (Å²) in [6.45, 7) is 7.67. The van der Waals surface area contributed by atoms with Crippen LogP contribution in [-0.4, -0.2) is 42.5 Å². The average Bonchev–Trinajstić information content (AvgIpc) is 2.96. The van der Waals surface area contributed by atoms with Crippen LogP contribution in [0.4, 0.5) is 4.39 Å². The van der Waals surface area contributed by atoms with Crippen molar-refractivity contribution in [1.82, 2.24) is 10.2 Å². The number of halogens is 1. The third-order valence-corrected chi connectivity index (χ3v) is 6.60. The lowest BCUT2D eigenvalue weighted by Gasteiger charge is -2.31. The number of aryl methyl sites for hydroxylation is 1. The molecule has 1 atom stereocenters. The highest BCUT2D eigenvalue weighted by Crippen LogP contribution is 2.29. The van der Waals surface area contributed by atoms with Gasteiger partial charge in [-0.25, -0.2) is 4.39 Å². The van der Waals surface area contributed by atoms with Crippen molar-refractivity contribution < 1.29 is 23.5 Å². The Morgan fingerprint density at radius 3 is 2.20 bits per heavy atom. The number of unbranched alkanes of at least 4 members (excludes halogenated alkanes) is 1. The standard InChI is InChI=1S/C33H41FN2O4/c1-4-7-21-35-33(38)29(22-25-11-9-8-10-12-25)36(24-27-13-17-28(34)18-14-27)32(37)20-16-26-15-19-30(39-5-2)31(23-26)40-6-3/h8-15,17-19,23,29H,4-7,16,20-22,24H2,1-3H3,(H,35,38). The molecule has 0 bridgehead atoms. The molecule has 0 saturated heterocycles. The van der Waals surface area contributed by atoms with E-state index in [-0.39, 0.29) is 30.6 Å². The quantitative estimate of drug-likeness (QED) is 0.219. The maximum absolute atomic E-state index is 13.8. The molecule has 0 aliphatic heterocycles. The summed E-state index contributed by atoms with van der Waals surface area (Å²) < 4.78 is 25.1. The molecule has 40 heavy (non-hydrogen) atoms. The molecule has 0 saturated carbocycles. The zero-order chi connectivity index (χ0) is 28.7. The maximum Gasteiger partial charge on any atom is 0.243 e. The molecule has 1 N–H and O–H groups in total. The predicted octanol–water partition coefficient (Wildman–Crippen LogP) is 6.11. The number of hydrogen-bond donors (Lipinski definition) is 1. The lowest BCUT2D eigenvalue weighted by molar-refractivity contribution is -0.141. The molecule has 3 rings (SSSR count). The zero-order valence-corrected chi connectivity index (χ0v) is 23.8. The molecular weight excluding hydrogens is 507 g/mol. The molecule has 3 aromatic carbocycles. The fraction of sp³-hybridized carbons (Fsp3) is 0.394. The van der Waals surface area contributed by atoms with Crippen LogP contribution < -0.4 is 14.8 Å². The number of nitrogens with zero attached hydrogens (tertiary/aromatic N) is 1. The first-order chi connectivity index (χ1) is 19.4. The second-order valence-electron chi connectivity index (χ2n) is 9.65. The van der Waals surface area contributed by atoms with E-state index in [0.29, 0.717) is 44.1 Å². The van der Waals surface area contributed by atoms with Crippen LogP contribution in [0.3, 0.4) is 0 Å². The van der Waals surface area contributed by atoms with Gasteiger partial charge in [-0.05, 0) is 67.6 Å². The minimum atomic E-state index is -0.712. The van der Waals surface area contributed by atoms with E-state index in [1.807, 2.05) is 62.4 Å². The Morgan fingerprint density at radius 1 is 0.850 bits per heavy atom. The van der Waals surface area contributed by atoms with Gasteiger partial charge < -0.3 is 19.7 Å². The highest BCUT2D eigenvalue weighted by Gasteiger charge is 2.30. The minimum Gasteiger partial charge on any atom is -0.490 e. The predicted molar refractivity (Wildman–Crippen MR) is 156 cm³/mol. The Bertz CT molecular complexity index is 1200. The number of benzene rings is 3. The molecule has 0 aromatic heterocycles. The summed E-state index contributed by atoms with van der Waals surface area (Å²) >= 11 is 0. The van der Waals surface area contributed by atoms with Gasteiger partial charge in [0.25, 0.3) is 0 Å². The van der Waals surface area contributed by atoms with Gasteiger partial charge in [0.2, 0.25) is 11.8 Å². The van der Waals surface area contributed by atoms with Crippen molar-refractivity contribution in [2.24, 2.45) is 0 Å². The van der Waals surface area contributed by atoms with Crippen LogP contribution in [0, 0.1) is 5.82 Å². The van der Waals surface area contributed by atoms with Gasteiger partial charge in [0.05, 0.1) is 13.2 Å². The highest BCUT2D eigenvalue weighted by molar-refractivity contribution is 5.88. The Morgan fingerprint density at radius 2 is 1.52 bits per heavy atom. The smallest absolute Gasteiger partial charge is 0.243 e. The summed E-state index contributed by atoms with van der Waals surface area (Å²) in [7, 11) is 0. The summed E-state index contributed by atoms with van der Waals surface area (Å²) in [5.41, 5.74) is 2.66. The van der Waals surface area contributed by atoms with Gasteiger partial charge in [-0.15, -0.1) is 0 Å². The number of amides is 2. The van der Waals surface area contributed by atoms with Gasteiger partial charge in [0.15, 0.2) is 11.5 Å². The molecule has 0 heterocycles. The molecule has 0 spiro atoms. The fourth-order valence-corrected chi connectivity index (χ4v) is 4.49. The normalized spacial score (nSPS) is 11.5. The lowest BCUT2D eigenvalue weighted by Crippen LogP contribution is -2.50. The first-order valence-electron chi connectivity index (χ1n) is 14.2. The van der Waals surface area contributed by atoms with Crippen LogP contribution in [0.1, 0.15) is 56.7 Å². The van der Waals surface area contributed by atoms with Crippen LogP contribution in [0.5, 0.6) is 11.5 Å². The Kier molecular flexibility index (Phi) is 12.5.